The first kappa shape index (κ1) is 13.4. The summed E-state index contributed by atoms with van der Waals surface area (Å²) >= 11 is 13.2. The molecule has 0 atom stereocenters. The van der Waals surface area contributed by atoms with Crippen molar-refractivity contribution >= 4 is 39.7 Å². The molecule has 0 saturated carbocycles. The molecule has 18 heavy (non-hydrogen) atoms. The van der Waals surface area contributed by atoms with Crippen LogP contribution in [-0.2, 0) is 6.61 Å². The number of ether oxygens (including phenoxy) is 1. The van der Waals surface area contributed by atoms with Gasteiger partial charge in [-0.1, -0.05) is 27.7 Å². The van der Waals surface area contributed by atoms with E-state index in [9.17, 15) is 0 Å². The van der Waals surface area contributed by atoms with Crippen molar-refractivity contribution in [2.24, 2.45) is 0 Å². The summed E-state index contributed by atoms with van der Waals surface area (Å²) in [5.41, 5.74) is 0.762. The van der Waals surface area contributed by atoms with E-state index in [1.807, 2.05) is 6.92 Å². The van der Waals surface area contributed by atoms with Gasteiger partial charge in [0.2, 0.25) is 0 Å². The van der Waals surface area contributed by atoms with Crippen LogP contribution in [0.5, 0.6) is 5.75 Å². The highest BCUT2D eigenvalue weighted by atomic mass is 35.5. The van der Waals surface area contributed by atoms with Crippen molar-refractivity contribution in [3.63, 3.8) is 0 Å². The molecule has 0 saturated heterocycles. The van der Waals surface area contributed by atoms with E-state index in [2.05, 4.69) is 14.9 Å². The van der Waals surface area contributed by atoms with Crippen molar-refractivity contribution in [2.45, 2.75) is 13.5 Å². The standard InChI is InChI=1S/C11H11Cl2N3OS/c1-2-14-11-9(15-16-18-11)6-17-10-5-7(12)3-4-8(10)13/h3-5,14H,2,6H2,1H3. The van der Waals surface area contributed by atoms with Gasteiger partial charge in [-0.15, -0.1) is 5.10 Å². The van der Waals surface area contributed by atoms with Crippen LogP contribution in [0.25, 0.3) is 0 Å². The van der Waals surface area contributed by atoms with E-state index in [0.717, 1.165) is 17.2 Å². The Hall–Kier alpha value is -1.04. The molecule has 1 aromatic heterocycles. The van der Waals surface area contributed by atoms with Crippen LogP contribution in [0.4, 0.5) is 5.00 Å². The summed E-state index contributed by atoms with van der Waals surface area (Å²) in [5.74, 6) is 0.541. The van der Waals surface area contributed by atoms with Crippen molar-refractivity contribution < 1.29 is 4.74 Å². The molecule has 96 valence electrons. The Morgan fingerprint density at radius 1 is 1.39 bits per heavy atom. The lowest BCUT2D eigenvalue weighted by molar-refractivity contribution is 0.302. The van der Waals surface area contributed by atoms with Gasteiger partial charge in [0.15, 0.2) is 0 Å². The molecule has 2 aromatic rings. The first-order chi connectivity index (χ1) is 8.70. The van der Waals surface area contributed by atoms with Gasteiger partial charge in [-0.2, -0.15) is 0 Å². The summed E-state index contributed by atoms with van der Waals surface area (Å²) in [6, 6.07) is 5.09. The third-order valence-corrected chi connectivity index (χ3v) is 3.42. The van der Waals surface area contributed by atoms with Crippen LogP contribution in [0.1, 0.15) is 12.6 Å². The second kappa shape index (κ2) is 6.22. The van der Waals surface area contributed by atoms with E-state index < -0.39 is 0 Å². The number of nitrogens with one attached hydrogen (secondary N) is 1. The summed E-state index contributed by atoms with van der Waals surface area (Å²) in [5, 5.41) is 9.19. The van der Waals surface area contributed by atoms with Gasteiger partial charge >= 0.3 is 0 Å². The SMILES string of the molecule is CCNc1snnc1COc1cc(Cl)ccc1Cl. The average Bonchev–Trinajstić information content (AvgIpc) is 2.78. The fourth-order valence-corrected chi connectivity index (χ4v) is 2.30. The minimum Gasteiger partial charge on any atom is -0.485 e. The summed E-state index contributed by atoms with van der Waals surface area (Å²) in [4.78, 5) is 0. The number of nitrogens with zero attached hydrogens (tertiary/aromatic N) is 2. The molecule has 4 nitrogen and oxygen atoms in total. The fraction of sp³-hybridized carbons (Fsp3) is 0.273. The first-order valence-corrected chi connectivity index (χ1v) is 6.86. The Labute approximate surface area is 119 Å². The maximum Gasteiger partial charge on any atom is 0.139 e. The number of aromatic nitrogens is 2. The van der Waals surface area contributed by atoms with Crippen LogP contribution in [0.3, 0.4) is 0 Å². The average molecular weight is 304 g/mol. The van der Waals surface area contributed by atoms with Crippen LogP contribution in [0.15, 0.2) is 18.2 Å². The minimum absolute atomic E-state index is 0.304. The van der Waals surface area contributed by atoms with Crippen LogP contribution in [0.2, 0.25) is 10.0 Å². The van der Waals surface area contributed by atoms with E-state index in [-0.39, 0.29) is 0 Å². The molecule has 1 N–H and O–H groups in total. The molecule has 0 aliphatic carbocycles. The topological polar surface area (TPSA) is 47.0 Å². The third-order valence-electron chi connectivity index (χ3n) is 2.15. The fourth-order valence-electron chi connectivity index (χ4n) is 1.33. The van der Waals surface area contributed by atoms with Gasteiger partial charge in [-0.25, -0.2) is 0 Å². The Morgan fingerprint density at radius 3 is 3.00 bits per heavy atom. The zero-order chi connectivity index (χ0) is 13.0. The summed E-state index contributed by atoms with van der Waals surface area (Å²) in [6.45, 7) is 3.13. The normalized spacial score (nSPS) is 10.4. The zero-order valence-electron chi connectivity index (χ0n) is 9.61. The van der Waals surface area contributed by atoms with Gasteiger partial charge < -0.3 is 10.1 Å². The van der Waals surface area contributed by atoms with E-state index >= 15 is 0 Å². The van der Waals surface area contributed by atoms with Gasteiger partial charge in [0.1, 0.15) is 23.1 Å². The predicted molar refractivity (Wildman–Crippen MR) is 74.9 cm³/mol. The predicted octanol–water partition coefficient (Wildman–Crippen LogP) is 3.86. The van der Waals surface area contributed by atoms with Gasteiger partial charge in [-0.3, -0.25) is 0 Å². The molecule has 0 aliphatic heterocycles. The smallest absolute Gasteiger partial charge is 0.139 e. The summed E-state index contributed by atoms with van der Waals surface area (Å²) < 4.78 is 9.48. The molecule has 0 amide bonds. The summed E-state index contributed by atoms with van der Waals surface area (Å²) in [7, 11) is 0. The van der Waals surface area contributed by atoms with Crippen molar-refractivity contribution in [1.29, 1.82) is 0 Å². The highest BCUT2D eigenvalue weighted by Gasteiger charge is 2.09. The van der Waals surface area contributed by atoms with Crippen LogP contribution in [0, 0.1) is 0 Å². The lowest BCUT2D eigenvalue weighted by atomic mass is 10.3. The second-order valence-corrected chi connectivity index (χ2v) is 5.04. The quantitative estimate of drug-likeness (QED) is 0.911. The number of rotatable bonds is 5. The highest BCUT2D eigenvalue weighted by molar-refractivity contribution is 7.10. The molecule has 0 aliphatic rings. The maximum atomic E-state index is 6.00. The molecule has 1 aromatic carbocycles. The number of hydrogen-bond donors (Lipinski definition) is 1. The van der Waals surface area contributed by atoms with E-state index in [1.165, 1.54) is 11.5 Å². The summed E-state index contributed by atoms with van der Waals surface area (Å²) in [6.07, 6.45) is 0. The van der Waals surface area contributed by atoms with Crippen molar-refractivity contribution in [2.75, 3.05) is 11.9 Å². The molecule has 0 radical (unpaired) electrons. The molecule has 0 unspecified atom stereocenters. The maximum absolute atomic E-state index is 6.00. The zero-order valence-corrected chi connectivity index (χ0v) is 11.9. The Balaban J connectivity index is 2.06. The van der Waals surface area contributed by atoms with Gasteiger partial charge in [0.05, 0.1) is 5.02 Å². The Morgan fingerprint density at radius 2 is 2.22 bits per heavy atom. The van der Waals surface area contributed by atoms with Crippen LogP contribution < -0.4 is 10.1 Å². The molecule has 0 fully saturated rings. The van der Waals surface area contributed by atoms with E-state index in [1.54, 1.807) is 18.2 Å². The first-order valence-electron chi connectivity index (χ1n) is 5.33. The monoisotopic (exact) mass is 303 g/mol. The van der Waals surface area contributed by atoms with Crippen LogP contribution >= 0.6 is 34.7 Å². The van der Waals surface area contributed by atoms with Crippen molar-refractivity contribution in [1.82, 2.24) is 9.59 Å². The van der Waals surface area contributed by atoms with E-state index in [0.29, 0.717) is 22.4 Å². The Kier molecular flexibility index (Phi) is 4.63. The molecular weight excluding hydrogens is 293 g/mol. The lowest BCUT2D eigenvalue weighted by Gasteiger charge is -2.08. The molecular formula is C11H11Cl2N3OS. The number of anilines is 1. The molecule has 2 rings (SSSR count). The molecule has 1 heterocycles. The molecule has 0 spiro atoms. The second-order valence-electron chi connectivity index (χ2n) is 3.44. The van der Waals surface area contributed by atoms with Gasteiger partial charge in [0, 0.05) is 29.2 Å². The molecule has 0 bridgehead atoms. The van der Waals surface area contributed by atoms with E-state index in [4.69, 9.17) is 27.9 Å². The van der Waals surface area contributed by atoms with Crippen LogP contribution in [-0.4, -0.2) is 16.1 Å². The number of halogens is 2. The minimum atomic E-state index is 0.304. The van der Waals surface area contributed by atoms with Gasteiger partial charge in [-0.05, 0) is 19.1 Å². The number of benzene rings is 1. The van der Waals surface area contributed by atoms with Gasteiger partial charge in [0.25, 0.3) is 0 Å². The number of hydrogen-bond acceptors (Lipinski definition) is 5. The third kappa shape index (κ3) is 3.25. The lowest BCUT2D eigenvalue weighted by Crippen LogP contribution is -2.02. The largest absolute Gasteiger partial charge is 0.485 e. The van der Waals surface area contributed by atoms with Crippen molar-refractivity contribution in [3.05, 3.63) is 33.9 Å². The molecule has 7 heteroatoms. The highest BCUT2D eigenvalue weighted by Crippen LogP contribution is 2.29. The van der Waals surface area contributed by atoms with Crippen molar-refractivity contribution in [3.8, 4) is 5.75 Å². The Bertz CT molecular complexity index is 533.